The summed E-state index contributed by atoms with van der Waals surface area (Å²) in [5.41, 5.74) is 0. The van der Waals surface area contributed by atoms with Gasteiger partial charge in [-0.25, -0.2) is 4.39 Å². The molecule has 1 unspecified atom stereocenters. The number of benzene rings is 1. The molecule has 1 atom stereocenters. The van der Waals surface area contributed by atoms with Crippen molar-refractivity contribution in [3.05, 3.63) is 34.4 Å². The molecule has 2 aromatic heterocycles. The lowest BCUT2D eigenvalue weighted by Crippen LogP contribution is -2.24. The van der Waals surface area contributed by atoms with Crippen molar-refractivity contribution in [1.82, 2.24) is 20.3 Å². The van der Waals surface area contributed by atoms with Gasteiger partial charge in [0, 0.05) is 26.0 Å². The summed E-state index contributed by atoms with van der Waals surface area (Å²) in [5.74, 6) is 1.11. The van der Waals surface area contributed by atoms with Gasteiger partial charge in [-0.3, -0.25) is 0 Å². The molecule has 25 heavy (non-hydrogen) atoms. The van der Waals surface area contributed by atoms with E-state index in [1.165, 1.54) is 23.5 Å². The maximum Gasteiger partial charge on any atom is 0.233 e. The van der Waals surface area contributed by atoms with E-state index in [1.54, 1.807) is 13.0 Å². The Kier molecular flexibility index (Phi) is 4.38. The fourth-order valence-corrected chi connectivity index (χ4v) is 3.71. The third kappa shape index (κ3) is 3.49. The molecule has 1 saturated heterocycles. The largest absolute Gasteiger partial charge is 0.487 e. The van der Waals surface area contributed by atoms with Crippen molar-refractivity contribution in [1.29, 1.82) is 0 Å². The van der Waals surface area contributed by atoms with Crippen LogP contribution in [0.15, 0.2) is 27.2 Å². The quantitative estimate of drug-likeness (QED) is 0.633. The van der Waals surface area contributed by atoms with Crippen molar-refractivity contribution >= 4 is 32.4 Å². The molecule has 4 rings (SSSR count). The minimum Gasteiger partial charge on any atom is -0.487 e. The van der Waals surface area contributed by atoms with Gasteiger partial charge in [0.2, 0.25) is 16.8 Å². The van der Waals surface area contributed by atoms with Crippen molar-refractivity contribution in [3.8, 4) is 16.6 Å². The van der Waals surface area contributed by atoms with Crippen molar-refractivity contribution in [3.63, 3.8) is 0 Å². The van der Waals surface area contributed by atoms with Crippen molar-refractivity contribution in [2.75, 3.05) is 18.0 Å². The molecule has 10 heteroatoms. The first-order chi connectivity index (χ1) is 12.1. The van der Waals surface area contributed by atoms with Crippen LogP contribution in [0.1, 0.15) is 12.3 Å². The number of ether oxygens (including phenoxy) is 1. The van der Waals surface area contributed by atoms with Crippen LogP contribution < -0.4 is 9.64 Å². The van der Waals surface area contributed by atoms with Crippen LogP contribution >= 0.6 is 27.3 Å². The molecule has 3 heterocycles. The second kappa shape index (κ2) is 6.68. The van der Waals surface area contributed by atoms with Gasteiger partial charge in [-0.1, -0.05) is 16.5 Å². The van der Waals surface area contributed by atoms with E-state index in [2.05, 4.69) is 41.2 Å². The molecular weight excluding hydrogens is 413 g/mol. The van der Waals surface area contributed by atoms with Gasteiger partial charge in [0.15, 0.2) is 5.01 Å². The number of hydrogen-bond donors (Lipinski definition) is 0. The van der Waals surface area contributed by atoms with Crippen LogP contribution in [-0.4, -0.2) is 39.5 Å². The Morgan fingerprint density at radius 3 is 3.08 bits per heavy atom. The molecular formula is C15H13BrFN5O2S. The Labute approximate surface area is 155 Å². The van der Waals surface area contributed by atoms with Crippen LogP contribution in [0.5, 0.6) is 5.75 Å². The van der Waals surface area contributed by atoms with Crippen LogP contribution in [0.2, 0.25) is 0 Å². The molecule has 3 aromatic rings. The lowest BCUT2D eigenvalue weighted by atomic mass is 10.3. The molecule has 0 amide bonds. The van der Waals surface area contributed by atoms with Gasteiger partial charge >= 0.3 is 0 Å². The third-order valence-corrected chi connectivity index (χ3v) is 5.37. The zero-order chi connectivity index (χ0) is 17.4. The summed E-state index contributed by atoms with van der Waals surface area (Å²) in [6.07, 6.45) is 0.775. The number of anilines is 1. The normalized spacial score (nSPS) is 17.2. The smallest absolute Gasteiger partial charge is 0.233 e. The van der Waals surface area contributed by atoms with Crippen LogP contribution in [0.3, 0.4) is 0 Å². The van der Waals surface area contributed by atoms with E-state index in [9.17, 15) is 4.39 Å². The number of rotatable bonds is 4. The van der Waals surface area contributed by atoms with Gasteiger partial charge in [0.1, 0.15) is 17.7 Å². The molecule has 0 radical (unpaired) electrons. The van der Waals surface area contributed by atoms with Crippen molar-refractivity contribution in [2.24, 2.45) is 0 Å². The zero-order valence-corrected chi connectivity index (χ0v) is 15.5. The van der Waals surface area contributed by atoms with Crippen LogP contribution in [0, 0.1) is 12.7 Å². The summed E-state index contributed by atoms with van der Waals surface area (Å²) in [4.78, 5) is 6.25. The zero-order valence-electron chi connectivity index (χ0n) is 13.1. The molecule has 1 aliphatic heterocycles. The lowest BCUT2D eigenvalue weighted by Gasteiger charge is -2.16. The molecule has 0 aliphatic carbocycles. The SMILES string of the molecule is Cc1nc(-c2nnc(N3CCC(Oc4cc(F)ccc4Br)C3)s2)no1. The molecule has 0 saturated carbocycles. The highest BCUT2D eigenvalue weighted by molar-refractivity contribution is 9.10. The number of aryl methyl sites for hydroxylation is 1. The average molecular weight is 426 g/mol. The fourth-order valence-electron chi connectivity index (χ4n) is 2.56. The fraction of sp³-hybridized carbons (Fsp3) is 0.333. The Balaban J connectivity index is 1.44. The molecule has 0 N–H and O–H groups in total. The molecule has 1 fully saturated rings. The minimum atomic E-state index is -0.322. The highest BCUT2D eigenvalue weighted by Gasteiger charge is 2.27. The Bertz CT molecular complexity index is 902. The van der Waals surface area contributed by atoms with E-state index >= 15 is 0 Å². The Hall–Kier alpha value is -2.07. The standard InChI is InChI=1S/C15H13BrFN5O2S/c1-8-18-13(21-24-8)14-19-20-15(25-14)22-5-4-10(7-22)23-12-6-9(17)2-3-11(12)16/h2-3,6,10H,4-5,7H2,1H3. The minimum absolute atomic E-state index is 0.0436. The highest BCUT2D eigenvalue weighted by atomic mass is 79.9. The Morgan fingerprint density at radius 1 is 1.40 bits per heavy atom. The highest BCUT2D eigenvalue weighted by Crippen LogP contribution is 2.32. The van der Waals surface area contributed by atoms with Crippen LogP contribution in [0.4, 0.5) is 9.52 Å². The first-order valence-electron chi connectivity index (χ1n) is 7.59. The van der Waals surface area contributed by atoms with Crippen molar-refractivity contribution < 1.29 is 13.7 Å². The van der Waals surface area contributed by atoms with E-state index in [0.29, 0.717) is 29.0 Å². The first kappa shape index (κ1) is 16.4. The van der Waals surface area contributed by atoms with E-state index in [1.807, 2.05) is 0 Å². The Morgan fingerprint density at radius 2 is 2.28 bits per heavy atom. The number of aromatic nitrogens is 4. The van der Waals surface area contributed by atoms with Gasteiger partial charge in [-0.15, -0.1) is 10.2 Å². The summed E-state index contributed by atoms with van der Waals surface area (Å²) in [5, 5.41) is 13.6. The molecule has 7 nitrogen and oxygen atoms in total. The lowest BCUT2D eigenvalue weighted by molar-refractivity contribution is 0.222. The monoisotopic (exact) mass is 425 g/mol. The summed E-state index contributed by atoms with van der Waals surface area (Å²) in [6.45, 7) is 3.17. The van der Waals surface area contributed by atoms with Crippen molar-refractivity contribution in [2.45, 2.75) is 19.4 Å². The number of halogens is 2. The molecule has 130 valence electrons. The van der Waals surface area contributed by atoms with E-state index in [-0.39, 0.29) is 11.9 Å². The summed E-state index contributed by atoms with van der Waals surface area (Å²) in [7, 11) is 0. The second-order valence-corrected chi connectivity index (χ2v) is 7.39. The van der Waals surface area contributed by atoms with E-state index in [4.69, 9.17) is 9.26 Å². The third-order valence-electron chi connectivity index (χ3n) is 3.74. The van der Waals surface area contributed by atoms with Gasteiger partial charge < -0.3 is 14.2 Å². The van der Waals surface area contributed by atoms with Crippen LogP contribution in [-0.2, 0) is 0 Å². The van der Waals surface area contributed by atoms with Crippen LogP contribution in [0.25, 0.3) is 10.8 Å². The average Bonchev–Trinajstić information content (AvgIpc) is 3.30. The van der Waals surface area contributed by atoms with E-state index < -0.39 is 0 Å². The molecule has 0 bridgehead atoms. The summed E-state index contributed by atoms with van der Waals surface area (Å²) >= 11 is 4.79. The van der Waals surface area contributed by atoms with Gasteiger partial charge in [-0.2, -0.15) is 4.98 Å². The number of nitrogens with zero attached hydrogens (tertiary/aromatic N) is 5. The summed E-state index contributed by atoms with van der Waals surface area (Å²) < 4.78 is 25.0. The predicted molar refractivity (Wildman–Crippen MR) is 93.3 cm³/mol. The molecule has 1 aromatic carbocycles. The predicted octanol–water partition coefficient (Wildman–Crippen LogP) is 3.46. The number of hydrogen-bond acceptors (Lipinski definition) is 8. The van der Waals surface area contributed by atoms with Gasteiger partial charge in [0.05, 0.1) is 11.0 Å². The topological polar surface area (TPSA) is 77.2 Å². The van der Waals surface area contributed by atoms with Gasteiger partial charge in [-0.05, 0) is 28.1 Å². The first-order valence-corrected chi connectivity index (χ1v) is 9.20. The maximum absolute atomic E-state index is 13.4. The second-order valence-electron chi connectivity index (χ2n) is 5.58. The summed E-state index contributed by atoms with van der Waals surface area (Å²) in [6, 6.07) is 4.41. The molecule has 1 aliphatic rings. The molecule has 0 spiro atoms. The van der Waals surface area contributed by atoms with Gasteiger partial charge in [0.25, 0.3) is 0 Å². The maximum atomic E-state index is 13.4. The van der Waals surface area contributed by atoms with E-state index in [0.717, 1.165) is 22.6 Å².